The van der Waals surface area contributed by atoms with Gasteiger partial charge in [0.2, 0.25) is 0 Å². The Morgan fingerprint density at radius 3 is 2.50 bits per heavy atom. The van der Waals surface area contributed by atoms with E-state index in [1.54, 1.807) is 24.3 Å². The smallest absolute Gasteiger partial charge is 0.307 e. The fraction of sp³-hybridized carbons (Fsp3) is 0.0714. The standard InChI is InChI=1S/C14H11FN2O3/c15-11-2-1-7-16-13(11)14(20)17-10-5-3-9(4-6-10)8-12(18)19/h1-7H,8H2,(H,17,20)(H,18,19). The first-order valence-corrected chi connectivity index (χ1v) is 5.79. The fourth-order valence-electron chi connectivity index (χ4n) is 1.62. The van der Waals surface area contributed by atoms with E-state index in [9.17, 15) is 14.0 Å². The first kappa shape index (κ1) is 13.7. The summed E-state index contributed by atoms with van der Waals surface area (Å²) < 4.78 is 13.4. The van der Waals surface area contributed by atoms with Gasteiger partial charge in [-0.25, -0.2) is 9.37 Å². The summed E-state index contributed by atoms with van der Waals surface area (Å²) in [4.78, 5) is 26.0. The summed E-state index contributed by atoms with van der Waals surface area (Å²) in [5, 5.41) is 11.1. The molecule has 0 saturated carbocycles. The molecule has 6 heteroatoms. The van der Waals surface area contributed by atoms with Gasteiger partial charge in [-0.15, -0.1) is 0 Å². The number of nitrogens with one attached hydrogen (secondary N) is 1. The third-order valence-corrected chi connectivity index (χ3v) is 2.54. The van der Waals surface area contributed by atoms with E-state index >= 15 is 0 Å². The average molecular weight is 274 g/mol. The molecule has 5 nitrogen and oxygen atoms in total. The van der Waals surface area contributed by atoms with Crippen LogP contribution in [-0.2, 0) is 11.2 Å². The normalized spacial score (nSPS) is 10.1. The summed E-state index contributed by atoms with van der Waals surface area (Å²) in [5.74, 6) is -2.29. The number of carboxylic acids is 1. The minimum atomic E-state index is -0.933. The molecule has 1 aromatic heterocycles. The Balaban J connectivity index is 2.09. The molecule has 0 spiro atoms. The molecule has 2 aromatic rings. The van der Waals surface area contributed by atoms with Crippen molar-refractivity contribution in [1.29, 1.82) is 0 Å². The monoisotopic (exact) mass is 274 g/mol. The maximum Gasteiger partial charge on any atom is 0.307 e. The summed E-state index contributed by atoms with van der Waals surface area (Å²) in [6, 6.07) is 8.82. The molecule has 0 radical (unpaired) electrons. The van der Waals surface area contributed by atoms with Crippen LogP contribution in [0.15, 0.2) is 42.6 Å². The molecule has 0 saturated heterocycles. The van der Waals surface area contributed by atoms with Crippen molar-refractivity contribution in [3.63, 3.8) is 0 Å². The highest BCUT2D eigenvalue weighted by atomic mass is 19.1. The highest BCUT2D eigenvalue weighted by Crippen LogP contribution is 2.12. The van der Waals surface area contributed by atoms with Gasteiger partial charge in [0, 0.05) is 11.9 Å². The van der Waals surface area contributed by atoms with Crippen LogP contribution in [0.5, 0.6) is 0 Å². The predicted octanol–water partition coefficient (Wildman–Crippen LogP) is 2.10. The molecule has 0 atom stereocenters. The molecule has 1 aromatic carbocycles. The molecule has 0 fully saturated rings. The second-order valence-corrected chi connectivity index (χ2v) is 4.06. The third kappa shape index (κ3) is 3.38. The number of carbonyl (C=O) groups excluding carboxylic acids is 1. The molecule has 2 N–H and O–H groups in total. The number of hydrogen-bond acceptors (Lipinski definition) is 3. The number of anilines is 1. The Kier molecular flexibility index (Phi) is 4.05. The molecule has 0 aliphatic rings. The number of nitrogens with zero attached hydrogens (tertiary/aromatic N) is 1. The van der Waals surface area contributed by atoms with E-state index in [4.69, 9.17) is 5.11 Å². The molecule has 2 rings (SSSR count). The van der Waals surface area contributed by atoms with Crippen LogP contribution in [0.3, 0.4) is 0 Å². The highest BCUT2D eigenvalue weighted by molar-refractivity contribution is 6.03. The van der Waals surface area contributed by atoms with E-state index in [1.165, 1.54) is 12.3 Å². The first-order chi connectivity index (χ1) is 9.56. The number of aliphatic carboxylic acids is 1. The van der Waals surface area contributed by atoms with E-state index in [0.717, 1.165) is 6.07 Å². The van der Waals surface area contributed by atoms with Crippen LogP contribution < -0.4 is 5.32 Å². The minimum Gasteiger partial charge on any atom is -0.481 e. The van der Waals surface area contributed by atoms with Crippen molar-refractivity contribution in [2.75, 3.05) is 5.32 Å². The van der Waals surface area contributed by atoms with Gasteiger partial charge in [-0.2, -0.15) is 0 Å². The molecule has 0 aliphatic heterocycles. The minimum absolute atomic E-state index is 0.0942. The van der Waals surface area contributed by atoms with E-state index in [1.807, 2.05) is 0 Å². The summed E-state index contributed by atoms with van der Waals surface area (Å²) in [5.41, 5.74) is 0.760. The van der Waals surface area contributed by atoms with E-state index in [0.29, 0.717) is 11.3 Å². The van der Waals surface area contributed by atoms with Crippen LogP contribution in [0.1, 0.15) is 16.1 Å². The fourth-order valence-corrected chi connectivity index (χ4v) is 1.62. The molecule has 0 aliphatic carbocycles. The second kappa shape index (κ2) is 5.92. The van der Waals surface area contributed by atoms with Crippen LogP contribution in [0.25, 0.3) is 0 Å². The number of carbonyl (C=O) groups is 2. The average Bonchev–Trinajstić information content (AvgIpc) is 2.41. The topological polar surface area (TPSA) is 79.3 Å². The lowest BCUT2D eigenvalue weighted by Crippen LogP contribution is -2.15. The van der Waals surface area contributed by atoms with E-state index < -0.39 is 17.7 Å². The van der Waals surface area contributed by atoms with Crippen LogP contribution >= 0.6 is 0 Å². The number of amides is 1. The van der Waals surface area contributed by atoms with Crippen molar-refractivity contribution in [2.24, 2.45) is 0 Å². The van der Waals surface area contributed by atoms with Gasteiger partial charge in [-0.1, -0.05) is 12.1 Å². The third-order valence-electron chi connectivity index (χ3n) is 2.54. The van der Waals surface area contributed by atoms with Gasteiger partial charge in [0.1, 0.15) is 0 Å². The zero-order valence-electron chi connectivity index (χ0n) is 10.3. The van der Waals surface area contributed by atoms with Crippen molar-refractivity contribution in [3.05, 3.63) is 59.7 Å². The van der Waals surface area contributed by atoms with Crippen molar-refractivity contribution in [3.8, 4) is 0 Å². The molecule has 1 heterocycles. The number of rotatable bonds is 4. The number of carboxylic acid groups (broad SMARTS) is 1. The van der Waals surface area contributed by atoms with Crippen LogP contribution in [0.4, 0.5) is 10.1 Å². The van der Waals surface area contributed by atoms with Gasteiger partial charge in [-0.3, -0.25) is 9.59 Å². The lowest BCUT2D eigenvalue weighted by atomic mass is 10.1. The molecule has 20 heavy (non-hydrogen) atoms. The van der Waals surface area contributed by atoms with Crippen molar-refractivity contribution in [1.82, 2.24) is 4.98 Å². The summed E-state index contributed by atoms with van der Waals surface area (Å²) in [6.07, 6.45) is 1.23. The quantitative estimate of drug-likeness (QED) is 0.894. The van der Waals surface area contributed by atoms with E-state index in [2.05, 4.69) is 10.3 Å². The number of hydrogen-bond donors (Lipinski definition) is 2. The number of aromatic nitrogens is 1. The highest BCUT2D eigenvalue weighted by Gasteiger charge is 2.12. The largest absolute Gasteiger partial charge is 0.481 e. The molecular formula is C14H11FN2O3. The molecule has 0 unspecified atom stereocenters. The lowest BCUT2D eigenvalue weighted by Gasteiger charge is -2.06. The zero-order chi connectivity index (χ0) is 14.5. The maximum atomic E-state index is 13.4. The molecule has 102 valence electrons. The Bertz CT molecular complexity index is 641. The van der Waals surface area contributed by atoms with Gasteiger partial charge >= 0.3 is 5.97 Å². The summed E-state index contributed by atoms with van der Waals surface area (Å²) in [6.45, 7) is 0. The maximum absolute atomic E-state index is 13.4. The molecular weight excluding hydrogens is 263 g/mol. The van der Waals surface area contributed by atoms with Gasteiger partial charge in [0.05, 0.1) is 6.42 Å². The number of benzene rings is 1. The SMILES string of the molecule is O=C(O)Cc1ccc(NC(=O)c2ncccc2F)cc1. The number of pyridine rings is 1. The Labute approximate surface area is 114 Å². The number of halogens is 1. The Hall–Kier alpha value is -2.76. The van der Waals surface area contributed by atoms with E-state index in [-0.39, 0.29) is 12.1 Å². The first-order valence-electron chi connectivity index (χ1n) is 5.79. The van der Waals surface area contributed by atoms with Crippen molar-refractivity contribution < 1.29 is 19.1 Å². The predicted molar refractivity (Wildman–Crippen MR) is 69.9 cm³/mol. The zero-order valence-corrected chi connectivity index (χ0v) is 10.3. The summed E-state index contributed by atoms with van der Waals surface area (Å²) in [7, 11) is 0. The Morgan fingerprint density at radius 1 is 1.20 bits per heavy atom. The van der Waals surface area contributed by atoms with Crippen molar-refractivity contribution in [2.45, 2.75) is 6.42 Å². The van der Waals surface area contributed by atoms with Crippen LogP contribution in [-0.4, -0.2) is 22.0 Å². The Morgan fingerprint density at radius 2 is 1.90 bits per heavy atom. The van der Waals surface area contributed by atoms with Crippen molar-refractivity contribution >= 4 is 17.6 Å². The van der Waals surface area contributed by atoms with Gasteiger partial charge in [0.25, 0.3) is 5.91 Å². The van der Waals surface area contributed by atoms with Gasteiger partial charge < -0.3 is 10.4 Å². The van der Waals surface area contributed by atoms with Crippen LogP contribution in [0.2, 0.25) is 0 Å². The second-order valence-electron chi connectivity index (χ2n) is 4.06. The summed E-state index contributed by atoms with van der Waals surface area (Å²) >= 11 is 0. The molecule has 0 bridgehead atoms. The van der Waals surface area contributed by atoms with Gasteiger partial charge in [-0.05, 0) is 29.8 Å². The molecule has 1 amide bonds. The lowest BCUT2D eigenvalue weighted by molar-refractivity contribution is -0.136. The van der Waals surface area contributed by atoms with Crippen LogP contribution in [0, 0.1) is 5.82 Å². The van der Waals surface area contributed by atoms with Gasteiger partial charge in [0.15, 0.2) is 11.5 Å².